The first-order valence-corrected chi connectivity index (χ1v) is 6.49. The second-order valence-electron chi connectivity index (χ2n) is 4.30. The van der Waals surface area contributed by atoms with Gasteiger partial charge in [0.1, 0.15) is 0 Å². The van der Waals surface area contributed by atoms with E-state index < -0.39 is 5.91 Å². The number of primary amides is 1. The number of benzene rings is 1. The summed E-state index contributed by atoms with van der Waals surface area (Å²) in [6.45, 7) is 4.22. The molecule has 0 aliphatic heterocycles. The van der Waals surface area contributed by atoms with E-state index in [1.807, 2.05) is 13.0 Å². The van der Waals surface area contributed by atoms with E-state index in [0.29, 0.717) is 18.5 Å². The van der Waals surface area contributed by atoms with Gasteiger partial charge in [0.05, 0.1) is 0 Å². The van der Waals surface area contributed by atoms with Gasteiger partial charge in [0.2, 0.25) is 11.8 Å². The summed E-state index contributed by atoms with van der Waals surface area (Å²) in [5.41, 5.74) is 6.53. The number of amides is 2. The number of nitrogens with one attached hydrogen (secondary N) is 2. The van der Waals surface area contributed by atoms with Crippen LogP contribution >= 0.6 is 0 Å². The number of rotatable bonds is 8. The van der Waals surface area contributed by atoms with E-state index in [9.17, 15) is 9.59 Å². The van der Waals surface area contributed by atoms with Gasteiger partial charge in [-0.2, -0.15) is 0 Å². The van der Waals surface area contributed by atoms with Crippen molar-refractivity contribution in [2.45, 2.75) is 26.3 Å². The Labute approximate surface area is 113 Å². The number of carbonyl (C=O) groups is 2. The molecule has 0 atom stereocenters. The lowest BCUT2D eigenvalue weighted by molar-refractivity contribution is -0.121. The van der Waals surface area contributed by atoms with Crippen LogP contribution in [0.5, 0.6) is 0 Å². The Kier molecular flexibility index (Phi) is 6.60. The highest BCUT2D eigenvalue weighted by Gasteiger charge is 2.03. The summed E-state index contributed by atoms with van der Waals surface area (Å²) in [4.78, 5) is 22.6. The van der Waals surface area contributed by atoms with Crippen LogP contribution in [0.2, 0.25) is 0 Å². The van der Waals surface area contributed by atoms with Crippen molar-refractivity contribution < 1.29 is 9.59 Å². The molecule has 0 fully saturated rings. The zero-order chi connectivity index (χ0) is 14.1. The lowest BCUT2D eigenvalue weighted by Gasteiger charge is -2.06. The van der Waals surface area contributed by atoms with Gasteiger partial charge in [0.15, 0.2) is 0 Å². The van der Waals surface area contributed by atoms with Crippen molar-refractivity contribution in [1.29, 1.82) is 0 Å². The molecular formula is C14H21N3O2. The molecule has 0 radical (unpaired) electrons. The standard InChI is InChI=1S/C14H21N3O2/c1-2-16-8-4-7-13(18)17-10-11-5-3-6-12(9-11)14(15)19/h3,5-6,9,16H,2,4,7-8,10H2,1H3,(H2,15,19)(H,17,18). The first kappa shape index (κ1) is 15.2. The molecule has 0 bridgehead atoms. The molecule has 0 saturated heterocycles. The molecule has 104 valence electrons. The van der Waals surface area contributed by atoms with Crippen molar-refractivity contribution >= 4 is 11.8 Å². The van der Waals surface area contributed by atoms with Crippen molar-refractivity contribution in [2.75, 3.05) is 13.1 Å². The van der Waals surface area contributed by atoms with Crippen LogP contribution in [0.3, 0.4) is 0 Å². The summed E-state index contributed by atoms with van der Waals surface area (Å²) in [5.74, 6) is -0.443. The molecule has 4 N–H and O–H groups in total. The Morgan fingerprint density at radius 2 is 2.11 bits per heavy atom. The van der Waals surface area contributed by atoms with Crippen molar-refractivity contribution in [3.05, 3.63) is 35.4 Å². The molecule has 1 aromatic carbocycles. The van der Waals surface area contributed by atoms with Crippen LogP contribution in [-0.2, 0) is 11.3 Å². The topological polar surface area (TPSA) is 84.2 Å². The molecule has 0 aromatic heterocycles. The van der Waals surface area contributed by atoms with Gasteiger partial charge in [-0.25, -0.2) is 0 Å². The van der Waals surface area contributed by atoms with Crippen molar-refractivity contribution in [2.24, 2.45) is 5.73 Å². The second kappa shape index (κ2) is 8.26. The molecule has 1 aromatic rings. The van der Waals surface area contributed by atoms with Crippen LogP contribution in [0.4, 0.5) is 0 Å². The summed E-state index contributed by atoms with van der Waals surface area (Å²) in [5, 5.41) is 5.99. The van der Waals surface area contributed by atoms with Crippen molar-refractivity contribution in [3.63, 3.8) is 0 Å². The molecule has 2 amide bonds. The monoisotopic (exact) mass is 263 g/mol. The highest BCUT2D eigenvalue weighted by molar-refractivity contribution is 5.92. The van der Waals surface area contributed by atoms with E-state index in [2.05, 4.69) is 10.6 Å². The zero-order valence-electron chi connectivity index (χ0n) is 11.2. The number of carbonyl (C=O) groups excluding carboxylic acids is 2. The summed E-state index contributed by atoms with van der Waals surface area (Å²) >= 11 is 0. The van der Waals surface area contributed by atoms with Crippen LogP contribution in [0.1, 0.15) is 35.7 Å². The SMILES string of the molecule is CCNCCCC(=O)NCc1cccc(C(N)=O)c1. The van der Waals surface area contributed by atoms with Gasteiger partial charge >= 0.3 is 0 Å². The van der Waals surface area contributed by atoms with Crippen LogP contribution in [-0.4, -0.2) is 24.9 Å². The minimum Gasteiger partial charge on any atom is -0.366 e. The predicted octanol–water partition coefficient (Wildman–Crippen LogP) is 0.791. The van der Waals surface area contributed by atoms with E-state index in [-0.39, 0.29) is 5.91 Å². The molecule has 0 heterocycles. The van der Waals surface area contributed by atoms with Crippen LogP contribution in [0, 0.1) is 0 Å². The maximum Gasteiger partial charge on any atom is 0.248 e. The van der Waals surface area contributed by atoms with Crippen molar-refractivity contribution in [3.8, 4) is 0 Å². The third-order valence-electron chi connectivity index (χ3n) is 2.71. The fraction of sp³-hybridized carbons (Fsp3) is 0.429. The summed E-state index contributed by atoms with van der Waals surface area (Å²) in [6.07, 6.45) is 1.32. The molecular weight excluding hydrogens is 242 g/mol. The average Bonchev–Trinajstić information content (AvgIpc) is 2.41. The molecule has 0 aliphatic rings. The zero-order valence-corrected chi connectivity index (χ0v) is 11.2. The molecule has 5 heteroatoms. The van der Waals surface area contributed by atoms with E-state index in [0.717, 1.165) is 25.1 Å². The minimum atomic E-state index is -0.459. The van der Waals surface area contributed by atoms with Gasteiger partial charge in [-0.05, 0) is 37.2 Å². The molecule has 0 aliphatic carbocycles. The molecule has 19 heavy (non-hydrogen) atoms. The largest absolute Gasteiger partial charge is 0.366 e. The van der Waals surface area contributed by atoms with E-state index in [1.165, 1.54) is 0 Å². The van der Waals surface area contributed by atoms with Crippen LogP contribution in [0.15, 0.2) is 24.3 Å². The highest BCUT2D eigenvalue weighted by Crippen LogP contribution is 2.04. The van der Waals surface area contributed by atoms with Gasteiger partial charge in [-0.3, -0.25) is 9.59 Å². The molecule has 0 unspecified atom stereocenters. The Morgan fingerprint density at radius 1 is 1.32 bits per heavy atom. The maximum atomic E-state index is 11.6. The number of nitrogens with two attached hydrogens (primary N) is 1. The van der Waals surface area contributed by atoms with Crippen molar-refractivity contribution in [1.82, 2.24) is 10.6 Å². The number of hydrogen-bond donors (Lipinski definition) is 3. The highest BCUT2D eigenvalue weighted by atomic mass is 16.1. The van der Waals surface area contributed by atoms with E-state index in [1.54, 1.807) is 18.2 Å². The van der Waals surface area contributed by atoms with Gasteiger partial charge < -0.3 is 16.4 Å². The normalized spacial score (nSPS) is 10.2. The van der Waals surface area contributed by atoms with Gasteiger partial charge in [-0.15, -0.1) is 0 Å². The van der Waals surface area contributed by atoms with E-state index in [4.69, 9.17) is 5.73 Å². The lowest BCUT2D eigenvalue weighted by Crippen LogP contribution is -2.24. The molecule has 1 rings (SSSR count). The van der Waals surface area contributed by atoms with Crippen LogP contribution in [0.25, 0.3) is 0 Å². The fourth-order valence-electron chi connectivity index (χ4n) is 1.67. The maximum absolute atomic E-state index is 11.6. The Morgan fingerprint density at radius 3 is 2.79 bits per heavy atom. The fourth-order valence-corrected chi connectivity index (χ4v) is 1.67. The second-order valence-corrected chi connectivity index (χ2v) is 4.30. The van der Waals surface area contributed by atoms with E-state index >= 15 is 0 Å². The smallest absolute Gasteiger partial charge is 0.248 e. The third kappa shape index (κ3) is 6.01. The number of hydrogen-bond acceptors (Lipinski definition) is 3. The Bertz CT molecular complexity index is 432. The average molecular weight is 263 g/mol. The van der Waals surface area contributed by atoms with Gasteiger partial charge in [0, 0.05) is 18.5 Å². The third-order valence-corrected chi connectivity index (χ3v) is 2.71. The molecule has 0 spiro atoms. The van der Waals surface area contributed by atoms with Gasteiger partial charge in [0.25, 0.3) is 0 Å². The van der Waals surface area contributed by atoms with Crippen LogP contribution < -0.4 is 16.4 Å². The molecule has 5 nitrogen and oxygen atoms in total. The minimum absolute atomic E-state index is 0.0161. The first-order chi connectivity index (χ1) is 9.13. The first-order valence-electron chi connectivity index (χ1n) is 6.49. The predicted molar refractivity (Wildman–Crippen MR) is 74.6 cm³/mol. The summed E-state index contributed by atoms with van der Waals surface area (Å²) < 4.78 is 0. The quantitative estimate of drug-likeness (QED) is 0.606. The Balaban J connectivity index is 2.33. The summed E-state index contributed by atoms with van der Waals surface area (Å²) in [7, 11) is 0. The Hall–Kier alpha value is -1.88. The summed E-state index contributed by atoms with van der Waals surface area (Å²) in [6, 6.07) is 6.96. The lowest BCUT2D eigenvalue weighted by atomic mass is 10.1. The van der Waals surface area contributed by atoms with Gasteiger partial charge in [-0.1, -0.05) is 19.1 Å². The molecule has 0 saturated carbocycles.